The van der Waals surface area contributed by atoms with Gasteiger partial charge in [-0.25, -0.2) is 8.78 Å². The molecule has 0 saturated carbocycles. The van der Waals surface area contributed by atoms with Gasteiger partial charge in [-0.2, -0.15) is 0 Å². The number of hydrogen-bond donors (Lipinski definition) is 1. The summed E-state index contributed by atoms with van der Waals surface area (Å²) >= 11 is 0. The van der Waals surface area contributed by atoms with Crippen LogP contribution in [0.5, 0.6) is 11.5 Å². The molecule has 112 valence electrons. The number of benzene rings is 2. The number of halogens is 2. The van der Waals surface area contributed by atoms with Crippen LogP contribution in [0.1, 0.15) is 18.5 Å². The zero-order valence-electron chi connectivity index (χ0n) is 11.8. The minimum absolute atomic E-state index is 0.147. The highest BCUT2D eigenvalue weighted by Crippen LogP contribution is 2.24. The average molecular weight is 293 g/mol. The minimum Gasteiger partial charge on any atom is -0.497 e. The van der Waals surface area contributed by atoms with Crippen molar-refractivity contribution in [1.29, 1.82) is 0 Å². The van der Waals surface area contributed by atoms with Crippen molar-refractivity contribution in [2.45, 2.75) is 19.1 Å². The number of rotatable bonds is 5. The summed E-state index contributed by atoms with van der Waals surface area (Å²) in [5.41, 5.74) is 6.90. The topological polar surface area (TPSA) is 44.5 Å². The highest BCUT2D eigenvalue weighted by Gasteiger charge is 2.18. The highest BCUT2D eigenvalue weighted by molar-refractivity contribution is 5.30. The zero-order chi connectivity index (χ0) is 15.4. The van der Waals surface area contributed by atoms with Gasteiger partial charge in [-0.15, -0.1) is 0 Å². The van der Waals surface area contributed by atoms with Gasteiger partial charge in [-0.3, -0.25) is 0 Å². The van der Waals surface area contributed by atoms with Gasteiger partial charge in [0.15, 0.2) is 11.6 Å². The molecule has 2 aromatic rings. The van der Waals surface area contributed by atoms with Gasteiger partial charge in [-0.05, 0) is 36.8 Å². The third kappa shape index (κ3) is 3.70. The van der Waals surface area contributed by atoms with Crippen molar-refractivity contribution in [1.82, 2.24) is 0 Å². The van der Waals surface area contributed by atoms with E-state index in [0.717, 1.165) is 29.5 Å². The number of methoxy groups -OCH3 is 1. The summed E-state index contributed by atoms with van der Waals surface area (Å²) in [6, 6.07) is 9.78. The third-order valence-electron chi connectivity index (χ3n) is 3.21. The summed E-state index contributed by atoms with van der Waals surface area (Å²) < 4.78 is 37.2. The summed E-state index contributed by atoms with van der Waals surface area (Å²) in [5, 5.41) is 0. The van der Waals surface area contributed by atoms with Crippen molar-refractivity contribution in [3.8, 4) is 11.5 Å². The summed E-state index contributed by atoms with van der Waals surface area (Å²) in [4.78, 5) is 0. The molecule has 0 amide bonds. The van der Waals surface area contributed by atoms with Crippen LogP contribution in [0.4, 0.5) is 8.78 Å². The van der Waals surface area contributed by atoms with Crippen LogP contribution in [0, 0.1) is 11.6 Å². The van der Waals surface area contributed by atoms with Crippen molar-refractivity contribution >= 4 is 0 Å². The van der Waals surface area contributed by atoms with Crippen LogP contribution in [0.3, 0.4) is 0 Å². The van der Waals surface area contributed by atoms with Gasteiger partial charge < -0.3 is 15.2 Å². The maximum absolute atomic E-state index is 13.5. The Morgan fingerprint density at radius 1 is 1.05 bits per heavy atom. The molecule has 0 fully saturated rings. The largest absolute Gasteiger partial charge is 0.497 e. The summed E-state index contributed by atoms with van der Waals surface area (Å²) in [7, 11) is 1.58. The molecule has 0 aliphatic heterocycles. The fourth-order valence-electron chi connectivity index (χ4n) is 1.94. The van der Waals surface area contributed by atoms with Gasteiger partial charge in [0.2, 0.25) is 0 Å². The van der Waals surface area contributed by atoms with Crippen molar-refractivity contribution in [3.63, 3.8) is 0 Å². The molecule has 0 heterocycles. The first-order valence-corrected chi connectivity index (χ1v) is 6.52. The molecule has 0 radical (unpaired) electrons. The van der Waals surface area contributed by atoms with E-state index in [9.17, 15) is 8.78 Å². The van der Waals surface area contributed by atoms with Crippen LogP contribution in [0.2, 0.25) is 0 Å². The van der Waals surface area contributed by atoms with E-state index >= 15 is 0 Å². The smallest absolute Gasteiger partial charge is 0.165 e. The second kappa shape index (κ2) is 6.54. The lowest BCUT2D eigenvalue weighted by Gasteiger charge is -2.22. The lowest BCUT2D eigenvalue weighted by molar-refractivity contribution is 0.181. The van der Waals surface area contributed by atoms with Gasteiger partial charge >= 0.3 is 0 Å². The Morgan fingerprint density at radius 2 is 1.71 bits per heavy atom. The van der Waals surface area contributed by atoms with E-state index in [1.807, 2.05) is 12.1 Å². The van der Waals surface area contributed by atoms with Crippen LogP contribution in [-0.4, -0.2) is 13.2 Å². The van der Waals surface area contributed by atoms with E-state index in [2.05, 4.69) is 0 Å². The molecule has 0 bridgehead atoms. The predicted octanol–water partition coefficient (Wildman–Crippen LogP) is 3.44. The summed E-state index contributed by atoms with van der Waals surface area (Å²) in [5.74, 6) is -0.607. The molecule has 5 heteroatoms. The normalized spacial score (nSPS) is 13.6. The molecule has 2 aromatic carbocycles. The van der Waals surface area contributed by atoms with Gasteiger partial charge in [0, 0.05) is 6.07 Å². The Hall–Kier alpha value is -2.14. The minimum atomic E-state index is -0.620. The molecule has 0 aromatic heterocycles. The first kappa shape index (κ1) is 15.3. The van der Waals surface area contributed by atoms with E-state index in [1.165, 1.54) is 0 Å². The van der Waals surface area contributed by atoms with E-state index in [1.54, 1.807) is 26.2 Å². The molecule has 0 aliphatic carbocycles. The molecule has 0 spiro atoms. The molecule has 2 N–H and O–H groups in total. The Labute approximate surface area is 122 Å². The molecule has 2 atom stereocenters. The van der Waals surface area contributed by atoms with Crippen LogP contribution >= 0.6 is 0 Å². The second-order valence-corrected chi connectivity index (χ2v) is 4.70. The lowest BCUT2D eigenvalue weighted by atomic mass is 10.0. The Morgan fingerprint density at radius 3 is 2.33 bits per heavy atom. The van der Waals surface area contributed by atoms with Crippen molar-refractivity contribution in [3.05, 3.63) is 59.7 Å². The Kier molecular flexibility index (Phi) is 4.75. The first-order chi connectivity index (χ1) is 10.0. The standard InChI is InChI=1S/C16H17F2NO2/c1-10(21-15-9-12(17)5-8-14(15)18)16(19)11-3-6-13(20-2)7-4-11/h3-10,16H,19H2,1-2H3. The van der Waals surface area contributed by atoms with Crippen LogP contribution in [0.25, 0.3) is 0 Å². The van der Waals surface area contributed by atoms with Crippen LogP contribution < -0.4 is 15.2 Å². The summed E-state index contributed by atoms with van der Waals surface area (Å²) in [6.07, 6.45) is -0.519. The monoisotopic (exact) mass is 293 g/mol. The number of hydrogen-bond acceptors (Lipinski definition) is 3. The second-order valence-electron chi connectivity index (χ2n) is 4.70. The van der Waals surface area contributed by atoms with E-state index in [0.29, 0.717) is 0 Å². The molecular weight excluding hydrogens is 276 g/mol. The van der Waals surface area contributed by atoms with Crippen molar-refractivity contribution in [2.75, 3.05) is 7.11 Å². The number of ether oxygens (including phenoxy) is 2. The molecular formula is C16H17F2NO2. The van der Waals surface area contributed by atoms with Crippen LogP contribution in [-0.2, 0) is 0 Å². The molecule has 0 saturated heterocycles. The predicted molar refractivity (Wildman–Crippen MR) is 76.4 cm³/mol. The van der Waals surface area contributed by atoms with E-state index in [-0.39, 0.29) is 5.75 Å². The van der Waals surface area contributed by atoms with Gasteiger partial charge in [-0.1, -0.05) is 12.1 Å². The SMILES string of the molecule is COc1ccc(C(N)C(C)Oc2cc(F)ccc2F)cc1. The molecule has 0 aliphatic rings. The first-order valence-electron chi connectivity index (χ1n) is 6.52. The molecule has 2 rings (SSSR count). The Balaban J connectivity index is 2.11. The maximum atomic E-state index is 13.5. The quantitative estimate of drug-likeness (QED) is 0.918. The van der Waals surface area contributed by atoms with Gasteiger partial charge in [0.1, 0.15) is 17.7 Å². The molecule has 3 nitrogen and oxygen atoms in total. The van der Waals surface area contributed by atoms with Crippen molar-refractivity contribution < 1.29 is 18.3 Å². The maximum Gasteiger partial charge on any atom is 0.165 e. The lowest BCUT2D eigenvalue weighted by Crippen LogP contribution is -2.29. The van der Waals surface area contributed by atoms with E-state index < -0.39 is 23.8 Å². The van der Waals surface area contributed by atoms with Crippen LogP contribution in [0.15, 0.2) is 42.5 Å². The third-order valence-corrected chi connectivity index (χ3v) is 3.21. The summed E-state index contributed by atoms with van der Waals surface area (Å²) in [6.45, 7) is 1.71. The average Bonchev–Trinajstić information content (AvgIpc) is 2.50. The highest BCUT2D eigenvalue weighted by atomic mass is 19.1. The van der Waals surface area contributed by atoms with Gasteiger partial charge in [0.05, 0.1) is 13.2 Å². The fourth-order valence-corrected chi connectivity index (χ4v) is 1.94. The number of nitrogens with two attached hydrogens (primary N) is 1. The fraction of sp³-hybridized carbons (Fsp3) is 0.250. The Bertz CT molecular complexity index is 602. The van der Waals surface area contributed by atoms with Gasteiger partial charge in [0.25, 0.3) is 0 Å². The zero-order valence-corrected chi connectivity index (χ0v) is 11.8. The molecule has 21 heavy (non-hydrogen) atoms. The van der Waals surface area contributed by atoms with E-state index in [4.69, 9.17) is 15.2 Å². The van der Waals surface area contributed by atoms with Crippen molar-refractivity contribution in [2.24, 2.45) is 5.73 Å². The molecule has 2 unspecified atom stereocenters.